The molecule has 0 aromatic carbocycles. The van der Waals surface area contributed by atoms with E-state index in [1.807, 2.05) is 27.7 Å². The summed E-state index contributed by atoms with van der Waals surface area (Å²) in [5, 5.41) is 4.86. The smallest absolute Gasteiger partial charge is 0.290 e. The van der Waals surface area contributed by atoms with E-state index >= 15 is 0 Å². The number of carbonyl (C=O) groups is 3. The average molecular weight is 407 g/mol. The number of rotatable bonds is 9. The first kappa shape index (κ1) is 21.6. The van der Waals surface area contributed by atoms with Crippen LogP contribution in [0.25, 0.3) is 0 Å². The second-order valence-corrected chi connectivity index (χ2v) is 7.30. The molecule has 2 rings (SSSR count). The Labute approximate surface area is 168 Å². The lowest BCUT2D eigenvalue weighted by molar-refractivity contribution is -0.130. The summed E-state index contributed by atoms with van der Waals surface area (Å²) in [5.74, 6) is -0.513. The van der Waals surface area contributed by atoms with Crippen molar-refractivity contribution in [1.82, 2.24) is 14.8 Å². The molecule has 9 heteroatoms. The first-order chi connectivity index (χ1) is 13.3. The molecule has 0 aliphatic heterocycles. The van der Waals surface area contributed by atoms with Crippen molar-refractivity contribution >= 4 is 34.2 Å². The van der Waals surface area contributed by atoms with E-state index < -0.39 is 0 Å². The predicted molar refractivity (Wildman–Crippen MR) is 107 cm³/mol. The average Bonchev–Trinajstić information content (AvgIpc) is 3.32. The van der Waals surface area contributed by atoms with Crippen LogP contribution >= 0.6 is 11.3 Å². The molecule has 0 spiro atoms. The van der Waals surface area contributed by atoms with Crippen LogP contribution in [0.5, 0.6) is 0 Å². The van der Waals surface area contributed by atoms with Gasteiger partial charge in [-0.25, -0.2) is 4.98 Å². The van der Waals surface area contributed by atoms with Crippen LogP contribution in [0.1, 0.15) is 43.9 Å². The molecule has 2 heterocycles. The van der Waals surface area contributed by atoms with Crippen molar-refractivity contribution in [3.63, 3.8) is 0 Å². The zero-order chi connectivity index (χ0) is 20.7. The first-order valence-corrected chi connectivity index (χ1v) is 10.1. The highest BCUT2D eigenvalue weighted by Crippen LogP contribution is 2.17. The van der Waals surface area contributed by atoms with Crippen LogP contribution in [0.4, 0.5) is 5.13 Å². The molecule has 3 amide bonds. The maximum atomic E-state index is 12.5. The third kappa shape index (κ3) is 5.66. The van der Waals surface area contributed by atoms with Crippen LogP contribution in [-0.4, -0.2) is 58.2 Å². The molecule has 0 radical (unpaired) electrons. The fourth-order valence-corrected chi connectivity index (χ4v) is 3.36. The Balaban J connectivity index is 1.96. The van der Waals surface area contributed by atoms with Gasteiger partial charge in [0.15, 0.2) is 10.9 Å². The van der Waals surface area contributed by atoms with Crippen molar-refractivity contribution in [3.05, 3.63) is 35.2 Å². The van der Waals surface area contributed by atoms with Gasteiger partial charge in [-0.15, -0.1) is 11.3 Å². The van der Waals surface area contributed by atoms with Gasteiger partial charge in [-0.1, -0.05) is 0 Å². The Morgan fingerprint density at radius 3 is 2.54 bits per heavy atom. The van der Waals surface area contributed by atoms with Crippen molar-refractivity contribution < 1.29 is 18.8 Å². The second-order valence-electron chi connectivity index (χ2n) is 6.44. The Morgan fingerprint density at radius 2 is 1.96 bits per heavy atom. The normalized spacial score (nSPS) is 10.8. The number of nitrogens with one attached hydrogen (secondary N) is 1. The Kier molecular flexibility index (Phi) is 7.74. The third-order valence-corrected chi connectivity index (χ3v) is 4.98. The number of amides is 3. The molecule has 0 bridgehead atoms. The largest absolute Gasteiger partial charge is 0.459 e. The summed E-state index contributed by atoms with van der Waals surface area (Å²) in [7, 11) is 0. The van der Waals surface area contributed by atoms with Crippen LogP contribution in [0.2, 0.25) is 0 Å². The predicted octanol–water partition coefficient (Wildman–Crippen LogP) is 2.64. The molecule has 0 atom stereocenters. The monoisotopic (exact) mass is 406 g/mol. The van der Waals surface area contributed by atoms with Crippen LogP contribution in [0, 0.1) is 0 Å². The molecule has 0 fully saturated rings. The van der Waals surface area contributed by atoms with Gasteiger partial charge in [0.25, 0.3) is 5.91 Å². The van der Waals surface area contributed by atoms with Gasteiger partial charge in [-0.05, 0) is 39.8 Å². The summed E-state index contributed by atoms with van der Waals surface area (Å²) in [6.45, 7) is 8.69. The van der Waals surface area contributed by atoms with E-state index in [1.165, 1.54) is 22.5 Å². The highest BCUT2D eigenvalue weighted by molar-refractivity contribution is 7.13. The van der Waals surface area contributed by atoms with Crippen molar-refractivity contribution in [2.45, 2.75) is 40.2 Å². The molecular formula is C19H26N4O4S. The first-order valence-electron chi connectivity index (χ1n) is 9.22. The van der Waals surface area contributed by atoms with Gasteiger partial charge < -0.3 is 19.5 Å². The number of likely N-dealkylation sites (N-methyl/N-ethyl adjacent to an activating group) is 1. The number of hydrogen-bond acceptors (Lipinski definition) is 6. The molecule has 0 saturated carbocycles. The topological polar surface area (TPSA) is 95.8 Å². The highest BCUT2D eigenvalue weighted by atomic mass is 32.1. The van der Waals surface area contributed by atoms with Crippen molar-refractivity contribution in [3.8, 4) is 0 Å². The fraction of sp³-hybridized carbons (Fsp3) is 0.474. The van der Waals surface area contributed by atoms with Crippen LogP contribution < -0.4 is 5.32 Å². The molecule has 1 N–H and O–H groups in total. The lowest BCUT2D eigenvalue weighted by Gasteiger charge is -2.24. The number of hydrogen-bond donors (Lipinski definition) is 1. The molecule has 0 saturated heterocycles. The SMILES string of the molecule is CCN(CC)C(=O)Cc1csc(NC(=O)CN(C(=O)c2ccco2)C(C)C)n1. The van der Waals surface area contributed by atoms with E-state index in [-0.39, 0.29) is 42.5 Å². The van der Waals surface area contributed by atoms with Crippen LogP contribution in [-0.2, 0) is 16.0 Å². The van der Waals surface area contributed by atoms with E-state index in [4.69, 9.17) is 4.42 Å². The van der Waals surface area contributed by atoms with Gasteiger partial charge in [-0.3, -0.25) is 14.4 Å². The molecule has 2 aromatic rings. The summed E-state index contributed by atoms with van der Waals surface area (Å²) in [6.07, 6.45) is 1.62. The van der Waals surface area contributed by atoms with Gasteiger partial charge in [0.2, 0.25) is 11.8 Å². The van der Waals surface area contributed by atoms with Gasteiger partial charge in [0.1, 0.15) is 6.54 Å². The standard InChI is InChI=1S/C19H26N4O4S/c1-5-22(6-2)17(25)10-14-12-28-19(20-14)21-16(24)11-23(13(3)4)18(26)15-8-7-9-27-15/h7-9,12-13H,5-6,10-11H2,1-4H3,(H,20,21,24). The zero-order valence-corrected chi connectivity index (χ0v) is 17.4. The van der Waals surface area contributed by atoms with Gasteiger partial charge >= 0.3 is 0 Å². The number of thiazole rings is 1. The summed E-state index contributed by atoms with van der Waals surface area (Å²) in [6, 6.07) is 3.01. The third-order valence-electron chi connectivity index (χ3n) is 4.18. The molecule has 0 aliphatic rings. The molecule has 0 unspecified atom stereocenters. The Hall–Kier alpha value is -2.68. The summed E-state index contributed by atoms with van der Waals surface area (Å²) in [5.41, 5.74) is 0.615. The van der Waals surface area contributed by atoms with E-state index in [0.29, 0.717) is 23.9 Å². The minimum absolute atomic E-state index is 0.00297. The number of carbonyl (C=O) groups excluding carboxylic acids is 3. The van der Waals surface area contributed by atoms with E-state index in [0.717, 1.165) is 0 Å². The van der Waals surface area contributed by atoms with Crippen molar-refractivity contribution in [2.24, 2.45) is 0 Å². The highest BCUT2D eigenvalue weighted by Gasteiger charge is 2.24. The number of furan rings is 1. The number of aromatic nitrogens is 1. The molecule has 152 valence electrons. The van der Waals surface area contributed by atoms with Gasteiger partial charge in [0.05, 0.1) is 18.4 Å². The Bertz CT molecular complexity index is 797. The Morgan fingerprint density at radius 1 is 1.25 bits per heavy atom. The van der Waals surface area contributed by atoms with E-state index in [1.54, 1.807) is 22.4 Å². The number of anilines is 1. The molecule has 2 aromatic heterocycles. The van der Waals surface area contributed by atoms with E-state index in [9.17, 15) is 14.4 Å². The molecule has 0 aliphatic carbocycles. The van der Waals surface area contributed by atoms with Gasteiger partial charge in [-0.2, -0.15) is 0 Å². The summed E-state index contributed by atoms with van der Waals surface area (Å²) >= 11 is 1.25. The summed E-state index contributed by atoms with van der Waals surface area (Å²) < 4.78 is 5.14. The zero-order valence-electron chi connectivity index (χ0n) is 16.6. The van der Waals surface area contributed by atoms with E-state index in [2.05, 4.69) is 10.3 Å². The second kappa shape index (κ2) is 10.0. The summed E-state index contributed by atoms with van der Waals surface area (Å²) in [4.78, 5) is 44.5. The fourth-order valence-electron chi connectivity index (χ4n) is 2.63. The molecule has 28 heavy (non-hydrogen) atoms. The van der Waals surface area contributed by atoms with Crippen molar-refractivity contribution in [2.75, 3.05) is 25.0 Å². The molecule has 8 nitrogen and oxygen atoms in total. The maximum Gasteiger partial charge on any atom is 0.290 e. The number of nitrogens with zero attached hydrogens (tertiary/aromatic N) is 3. The molecular weight excluding hydrogens is 380 g/mol. The lowest BCUT2D eigenvalue weighted by atomic mass is 10.2. The van der Waals surface area contributed by atoms with Crippen LogP contribution in [0.15, 0.2) is 28.2 Å². The lowest BCUT2D eigenvalue weighted by Crippen LogP contribution is -2.42. The minimum atomic E-state index is -0.357. The van der Waals surface area contributed by atoms with Crippen LogP contribution in [0.3, 0.4) is 0 Å². The minimum Gasteiger partial charge on any atom is -0.459 e. The van der Waals surface area contributed by atoms with Crippen molar-refractivity contribution in [1.29, 1.82) is 0 Å². The maximum absolute atomic E-state index is 12.5. The quantitative estimate of drug-likeness (QED) is 0.691. The van der Waals surface area contributed by atoms with Gasteiger partial charge in [0, 0.05) is 24.5 Å².